The average Bonchev–Trinajstić information content (AvgIpc) is 2.58. The second kappa shape index (κ2) is 11.2. The first kappa shape index (κ1) is 22.4. The number of hydrogen-bond donors (Lipinski definition) is 2. The normalized spacial score (nSPS) is 11.6. The summed E-state index contributed by atoms with van der Waals surface area (Å²) in [5.41, 5.74) is 0.654. The summed E-state index contributed by atoms with van der Waals surface area (Å²) in [6.07, 6.45) is 0.745. The summed E-state index contributed by atoms with van der Waals surface area (Å²) in [6.45, 7) is 9.60. The fourth-order valence-corrected chi connectivity index (χ4v) is 3.35. The third-order valence-electron chi connectivity index (χ3n) is 3.49. The molecule has 0 aromatic heterocycles. The Morgan fingerprint density at radius 3 is 2.62 bits per heavy atom. The molecule has 0 aliphatic carbocycles. The van der Waals surface area contributed by atoms with Crippen molar-refractivity contribution in [3.8, 4) is 5.75 Å². The Morgan fingerprint density at radius 1 is 1.27 bits per heavy atom. The van der Waals surface area contributed by atoms with E-state index in [9.17, 15) is 13.2 Å². The molecule has 26 heavy (non-hydrogen) atoms. The van der Waals surface area contributed by atoms with Crippen molar-refractivity contribution in [1.29, 1.82) is 0 Å². The number of carbonyl (C=O) groups is 1. The summed E-state index contributed by atoms with van der Waals surface area (Å²) in [6, 6.07) is 4.59. The van der Waals surface area contributed by atoms with E-state index in [0.717, 1.165) is 6.42 Å². The lowest BCUT2D eigenvalue weighted by atomic mass is 10.2. The Morgan fingerprint density at radius 2 is 2.00 bits per heavy atom. The van der Waals surface area contributed by atoms with Crippen LogP contribution in [0.15, 0.2) is 23.1 Å². The number of nitrogens with one attached hydrogen (secondary N) is 2. The van der Waals surface area contributed by atoms with Crippen LogP contribution in [0.5, 0.6) is 5.75 Å². The summed E-state index contributed by atoms with van der Waals surface area (Å²) in [4.78, 5) is 11.9. The maximum absolute atomic E-state index is 12.2. The van der Waals surface area contributed by atoms with E-state index in [0.29, 0.717) is 37.6 Å². The van der Waals surface area contributed by atoms with E-state index < -0.39 is 10.0 Å². The molecule has 1 aromatic rings. The molecule has 0 saturated heterocycles. The molecule has 0 fully saturated rings. The second-order valence-corrected chi connectivity index (χ2v) is 8.13. The molecule has 148 valence electrons. The van der Waals surface area contributed by atoms with Crippen molar-refractivity contribution in [1.82, 2.24) is 10.0 Å². The van der Waals surface area contributed by atoms with Crippen molar-refractivity contribution >= 4 is 15.9 Å². The Hall–Kier alpha value is -1.64. The number of aryl methyl sites for hydroxylation is 1. The maximum Gasteiger partial charge on any atom is 0.257 e. The Labute approximate surface area is 156 Å². The Balaban J connectivity index is 2.53. The van der Waals surface area contributed by atoms with Crippen molar-refractivity contribution in [3.05, 3.63) is 23.8 Å². The zero-order chi connectivity index (χ0) is 19.6. The van der Waals surface area contributed by atoms with E-state index in [1.54, 1.807) is 13.0 Å². The van der Waals surface area contributed by atoms with Gasteiger partial charge >= 0.3 is 0 Å². The molecular formula is C18H30N2O5S. The topological polar surface area (TPSA) is 93.7 Å². The van der Waals surface area contributed by atoms with Crippen LogP contribution in [0.3, 0.4) is 0 Å². The van der Waals surface area contributed by atoms with Crippen molar-refractivity contribution in [2.24, 2.45) is 5.92 Å². The predicted molar refractivity (Wildman–Crippen MR) is 101 cm³/mol. The minimum atomic E-state index is -3.54. The van der Waals surface area contributed by atoms with Gasteiger partial charge in [-0.1, -0.05) is 13.8 Å². The molecule has 1 aromatic carbocycles. The van der Waals surface area contributed by atoms with Crippen molar-refractivity contribution in [2.45, 2.75) is 39.0 Å². The molecule has 0 unspecified atom stereocenters. The number of benzene rings is 1. The van der Waals surface area contributed by atoms with Crippen LogP contribution in [0, 0.1) is 12.8 Å². The van der Waals surface area contributed by atoms with Gasteiger partial charge in [0.1, 0.15) is 5.75 Å². The van der Waals surface area contributed by atoms with Crippen molar-refractivity contribution < 1.29 is 22.7 Å². The van der Waals surface area contributed by atoms with Gasteiger partial charge in [-0.25, -0.2) is 13.1 Å². The summed E-state index contributed by atoms with van der Waals surface area (Å²) < 4.78 is 37.7. The lowest BCUT2D eigenvalue weighted by Crippen LogP contribution is -2.30. The highest BCUT2D eigenvalue weighted by atomic mass is 32.2. The highest BCUT2D eigenvalue weighted by molar-refractivity contribution is 7.89. The van der Waals surface area contributed by atoms with Gasteiger partial charge in [-0.15, -0.1) is 0 Å². The zero-order valence-corrected chi connectivity index (χ0v) is 16.8. The SMILES string of the molecule is CCOCCCNC(=O)COc1ccc(S(=O)(=O)NCC(C)C)cc1C. The van der Waals surface area contributed by atoms with Gasteiger partial charge in [0.05, 0.1) is 4.90 Å². The molecule has 0 aliphatic rings. The second-order valence-electron chi connectivity index (χ2n) is 6.36. The van der Waals surface area contributed by atoms with E-state index in [4.69, 9.17) is 9.47 Å². The first-order chi connectivity index (χ1) is 12.3. The van der Waals surface area contributed by atoms with Gasteiger partial charge in [0.2, 0.25) is 10.0 Å². The highest BCUT2D eigenvalue weighted by Crippen LogP contribution is 2.21. The van der Waals surface area contributed by atoms with E-state index >= 15 is 0 Å². The van der Waals surface area contributed by atoms with Gasteiger partial charge in [0, 0.05) is 26.3 Å². The van der Waals surface area contributed by atoms with Crippen LogP contribution < -0.4 is 14.8 Å². The van der Waals surface area contributed by atoms with Gasteiger partial charge in [0.25, 0.3) is 5.91 Å². The summed E-state index contributed by atoms with van der Waals surface area (Å²) in [7, 11) is -3.54. The molecule has 1 rings (SSSR count). The molecule has 0 bridgehead atoms. The van der Waals surface area contributed by atoms with Crippen LogP contribution in [0.4, 0.5) is 0 Å². The van der Waals surface area contributed by atoms with E-state index in [1.165, 1.54) is 12.1 Å². The quantitative estimate of drug-likeness (QED) is 0.535. The van der Waals surface area contributed by atoms with Crippen LogP contribution in [-0.4, -0.2) is 47.2 Å². The van der Waals surface area contributed by atoms with Gasteiger partial charge < -0.3 is 14.8 Å². The van der Waals surface area contributed by atoms with Gasteiger partial charge in [-0.3, -0.25) is 4.79 Å². The number of hydrogen-bond acceptors (Lipinski definition) is 5. The maximum atomic E-state index is 12.2. The molecular weight excluding hydrogens is 356 g/mol. The molecule has 8 heteroatoms. The Kier molecular flexibility index (Phi) is 9.61. The first-order valence-corrected chi connectivity index (χ1v) is 10.3. The predicted octanol–water partition coefficient (Wildman–Crippen LogP) is 1.85. The lowest BCUT2D eigenvalue weighted by Gasteiger charge is -2.12. The van der Waals surface area contributed by atoms with Crippen molar-refractivity contribution in [3.63, 3.8) is 0 Å². The van der Waals surface area contributed by atoms with E-state index in [2.05, 4.69) is 10.0 Å². The minimum absolute atomic E-state index is 0.118. The molecule has 2 N–H and O–H groups in total. The lowest BCUT2D eigenvalue weighted by molar-refractivity contribution is -0.123. The number of ether oxygens (including phenoxy) is 2. The zero-order valence-electron chi connectivity index (χ0n) is 16.0. The summed E-state index contributed by atoms with van der Waals surface area (Å²) in [5, 5.41) is 2.74. The monoisotopic (exact) mass is 386 g/mol. The summed E-state index contributed by atoms with van der Waals surface area (Å²) in [5.74, 6) is 0.481. The fraction of sp³-hybridized carbons (Fsp3) is 0.611. The molecule has 0 heterocycles. The minimum Gasteiger partial charge on any atom is -0.484 e. The van der Waals surface area contributed by atoms with Crippen LogP contribution in [-0.2, 0) is 19.6 Å². The van der Waals surface area contributed by atoms with Gasteiger partial charge in [-0.05, 0) is 49.9 Å². The molecule has 0 saturated carbocycles. The van der Waals surface area contributed by atoms with E-state index in [1.807, 2.05) is 20.8 Å². The largest absolute Gasteiger partial charge is 0.484 e. The van der Waals surface area contributed by atoms with Crippen LogP contribution >= 0.6 is 0 Å². The van der Waals surface area contributed by atoms with Gasteiger partial charge in [-0.2, -0.15) is 0 Å². The third kappa shape index (κ3) is 8.16. The van der Waals surface area contributed by atoms with E-state index in [-0.39, 0.29) is 23.3 Å². The average molecular weight is 387 g/mol. The summed E-state index contributed by atoms with van der Waals surface area (Å²) >= 11 is 0. The molecule has 1 amide bonds. The highest BCUT2D eigenvalue weighted by Gasteiger charge is 2.16. The van der Waals surface area contributed by atoms with Crippen LogP contribution in [0.1, 0.15) is 32.8 Å². The fourth-order valence-electron chi connectivity index (χ4n) is 2.05. The third-order valence-corrected chi connectivity index (χ3v) is 4.91. The van der Waals surface area contributed by atoms with Crippen LogP contribution in [0.25, 0.3) is 0 Å². The van der Waals surface area contributed by atoms with Crippen LogP contribution in [0.2, 0.25) is 0 Å². The first-order valence-electron chi connectivity index (χ1n) is 8.83. The van der Waals surface area contributed by atoms with Gasteiger partial charge in [0.15, 0.2) is 6.61 Å². The molecule has 0 aliphatic heterocycles. The number of rotatable bonds is 12. The molecule has 0 spiro atoms. The standard InChI is InChI=1S/C18H30N2O5S/c1-5-24-10-6-9-19-18(21)13-25-17-8-7-16(11-15(17)4)26(22,23)20-12-14(2)3/h7-8,11,14,20H,5-6,9-10,12-13H2,1-4H3,(H,19,21). The smallest absolute Gasteiger partial charge is 0.257 e. The number of sulfonamides is 1. The Bertz CT molecular complexity index is 674. The number of carbonyl (C=O) groups excluding carboxylic acids is 1. The number of amides is 1. The van der Waals surface area contributed by atoms with Crippen molar-refractivity contribution in [2.75, 3.05) is 32.9 Å². The molecule has 0 radical (unpaired) electrons. The molecule has 7 nitrogen and oxygen atoms in total. The molecule has 0 atom stereocenters.